The summed E-state index contributed by atoms with van der Waals surface area (Å²) in [4.78, 5) is 10.8. The van der Waals surface area contributed by atoms with Crippen LogP contribution in [-0.2, 0) is 11.2 Å². The third kappa shape index (κ3) is 2.54. The first-order chi connectivity index (χ1) is 9.72. The fraction of sp³-hybridized carbons (Fsp3) is 0.0556. The molecule has 20 heavy (non-hydrogen) atoms. The maximum absolute atomic E-state index is 10.8. The standard InChI is InChI=1S/C18H14O2/c19-18(20)11-13-6-7-15-8-9-16(12-17(15)10-13)14-4-2-1-3-5-14/h1-10,12H,11H2,(H,19,20). The summed E-state index contributed by atoms with van der Waals surface area (Å²) in [5.74, 6) is -0.802. The van der Waals surface area contributed by atoms with E-state index in [-0.39, 0.29) is 6.42 Å². The molecule has 0 aliphatic carbocycles. The van der Waals surface area contributed by atoms with Crippen LogP contribution in [0.4, 0.5) is 0 Å². The summed E-state index contributed by atoms with van der Waals surface area (Å²) in [7, 11) is 0. The second kappa shape index (κ2) is 5.17. The van der Waals surface area contributed by atoms with Crippen molar-refractivity contribution >= 4 is 16.7 Å². The number of hydrogen-bond acceptors (Lipinski definition) is 1. The molecule has 0 radical (unpaired) electrons. The summed E-state index contributed by atoms with van der Waals surface area (Å²) in [6, 6.07) is 22.2. The maximum atomic E-state index is 10.8. The number of benzene rings is 3. The molecule has 0 unspecified atom stereocenters. The van der Waals surface area contributed by atoms with Crippen LogP contribution in [0.5, 0.6) is 0 Å². The highest BCUT2D eigenvalue weighted by molar-refractivity contribution is 5.88. The summed E-state index contributed by atoms with van der Waals surface area (Å²) < 4.78 is 0. The highest BCUT2D eigenvalue weighted by Gasteiger charge is 2.03. The second-order valence-corrected chi connectivity index (χ2v) is 4.83. The molecule has 2 nitrogen and oxygen atoms in total. The SMILES string of the molecule is O=C(O)Cc1ccc2ccc(-c3ccccc3)cc2c1. The van der Waals surface area contributed by atoms with Crippen molar-refractivity contribution in [2.75, 3.05) is 0 Å². The van der Waals surface area contributed by atoms with Crippen LogP contribution in [-0.4, -0.2) is 11.1 Å². The van der Waals surface area contributed by atoms with Gasteiger partial charge in [-0.2, -0.15) is 0 Å². The van der Waals surface area contributed by atoms with Gasteiger partial charge in [0.2, 0.25) is 0 Å². The number of carboxylic acid groups (broad SMARTS) is 1. The van der Waals surface area contributed by atoms with E-state index in [1.807, 2.05) is 36.4 Å². The number of aliphatic carboxylic acids is 1. The van der Waals surface area contributed by atoms with E-state index in [2.05, 4.69) is 30.3 Å². The highest BCUT2D eigenvalue weighted by Crippen LogP contribution is 2.25. The molecule has 2 heteroatoms. The minimum atomic E-state index is -0.802. The molecule has 98 valence electrons. The first-order valence-corrected chi connectivity index (χ1v) is 6.52. The van der Waals surface area contributed by atoms with Crippen LogP contribution in [0.2, 0.25) is 0 Å². The van der Waals surface area contributed by atoms with Gasteiger partial charge in [0.1, 0.15) is 0 Å². The zero-order chi connectivity index (χ0) is 13.9. The molecule has 0 saturated carbocycles. The Bertz CT molecular complexity index is 761. The van der Waals surface area contributed by atoms with Crippen LogP contribution >= 0.6 is 0 Å². The van der Waals surface area contributed by atoms with Gasteiger partial charge >= 0.3 is 5.97 Å². The number of carbonyl (C=O) groups is 1. The molecule has 3 aromatic carbocycles. The van der Waals surface area contributed by atoms with Gasteiger partial charge in [-0.25, -0.2) is 0 Å². The first-order valence-electron chi connectivity index (χ1n) is 6.52. The minimum Gasteiger partial charge on any atom is -0.481 e. The third-order valence-electron chi connectivity index (χ3n) is 3.37. The van der Waals surface area contributed by atoms with Gasteiger partial charge in [-0.1, -0.05) is 60.7 Å². The Kier molecular flexibility index (Phi) is 3.21. The lowest BCUT2D eigenvalue weighted by molar-refractivity contribution is -0.136. The van der Waals surface area contributed by atoms with Crippen molar-refractivity contribution in [2.24, 2.45) is 0 Å². The van der Waals surface area contributed by atoms with Crippen molar-refractivity contribution in [2.45, 2.75) is 6.42 Å². The summed E-state index contributed by atoms with van der Waals surface area (Å²) in [5.41, 5.74) is 3.14. The molecule has 0 fully saturated rings. The molecule has 0 bridgehead atoms. The number of hydrogen-bond donors (Lipinski definition) is 1. The average molecular weight is 262 g/mol. The van der Waals surface area contributed by atoms with E-state index < -0.39 is 5.97 Å². The highest BCUT2D eigenvalue weighted by atomic mass is 16.4. The van der Waals surface area contributed by atoms with Gasteiger partial charge in [-0.15, -0.1) is 0 Å². The Labute approximate surface area is 117 Å². The van der Waals surface area contributed by atoms with Crippen molar-refractivity contribution in [1.82, 2.24) is 0 Å². The van der Waals surface area contributed by atoms with Gasteiger partial charge in [0.15, 0.2) is 0 Å². The molecule has 0 saturated heterocycles. The van der Waals surface area contributed by atoms with E-state index >= 15 is 0 Å². The van der Waals surface area contributed by atoms with E-state index in [0.29, 0.717) is 0 Å². The van der Waals surface area contributed by atoms with Gasteiger partial charge in [0.05, 0.1) is 6.42 Å². The molecule has 0 spiro atoms. The van der Waals surface area contributed by atoms with Crippen molar-refractivity contribution in [3.8, 4) is 11.1 Å². The molecule has 3 aromatic rings. The molecule has 1 N–H and O–H groups in total. The third-order valence-corrected chi connectivity index (χ3v) is 3.37. The quantitative estimate of drug-likeness (QED) is 0.770. The van der Waals surface area contributed by atoms with E-state index in [1.165, 1.54) is 0 Å². The lowest BCUT2D eigenvalue weighted by Crippen LogP contribution is -1.99. The zero-order valence-electron chi connectivity index (χ0n) is 10.9. The minimum absolute atomic E-state index is 0.0610. The van der Waals surface area contributed by atoms with Gasteiger partial charge in [-0.05, 0) is 33.5 Å². The molecular weight excluding hydrogens is 248 g/mol. The Balaban J connectivity index is 2.07. The van der Waals surface area contributed by atoms with Crippen molar-refractivity contribution in [3.63, 3.8) is 0 Å². The second-order valence-electron chi connectivity index (χ2n) is 4.83. The Morgan fingerprint density at radius 3 is 2.30 bits per heavy atom. The summed E-state index contributed by atoms with van der Waals surface area (Å²) in [6.07, 6.45) is 0.0610. The summed E-state index contributed by atoms with van der Waals surface area (Å²) >= 11 is 0. The predicted octanol–water partition coefficient (Wildman–Crippen LogP) is 4.13. The van der Waals surface area contributed by atoms with Crippen LogP contribution in [0.1, 0.15) is 5.56 Å². The van der Waals surface area contributed by atoms with Gasteiger partial charge in [0.25, 0.3) is 0 Å². The molecule has 0 aliphatic heterocycles. The maximum Gasteiger partial charge on any atom is 0.307 e. The van der Waals surface area contributed by atoms with E-state index in [1.54, 1.807) is 0 Å². The predicted molar refractivity (Wildman–Crippen MR) is 80.7 cm³/mol. The normalized spacial score (nSPS) is 10.6. The monoisotopic (exact) mass is 262 g/mol. The van der Waals surface area contributed by atoms with Crippen LogP contribution in [0.25, 0.3) is 21.9 Å². The lowest BCUT2D eigenvalue weighted by Gasteiger charge is -2.06. The van der Waals surface area contributed by atoms with E-state index in [4.69, 9.17) is 5.11 Å². The van der Waals surface area contributed by atoms with Crippen molar-refractivity contribution in [1.29, 1.82) is 0 Å². The summed E-state index contributed by atoms with van der Waals surface area (Å²) in [5, 5.41) is 11.1. The molecule has 0 aliphatic rings. The smallest absolute Gasteiger partial charge is 0.307 e. The lowest BCUT2D eigenvalue weighted by atomic mass is 9.99. The van der Waals surface area contributed by atoms with E-state index in [0.717, 1.165) is 27.5 Å². The van der Waals surface area contributed by atoms with Crippen molar-refractivity contribution in [3.05, 3.63) is 72.3 Å². The molecule has 0 aromatic heterocycles. The first kappa shape index (κ1) is 12.4. The number of rotatable bonds is 3. The van der Waals surface area contributed by atoms with E-state index in [9.17, 15) is 4.79 Å². The largest absolute Gasteiger partial charge is 0.481 e. The van der Waals surface area contributed by atoms with Gasteiger partial charge in [0, 0.05) is 0 Å². The van der Waals surface area contributed by atoms with Gasteiger partial charge < -0.3 is 5.11 Å². The van der Waals surface area contributed by atoms with Gasteiger partial charge in [-0.3, -0.25) is 4.79 Å². The number of fused-ring (bicyclic) bond motifs is 1. The number of carboxylic acids is 1. The van der Waals surface area contributed by atoms with Crippen molar-refractivity contribution < 1.29 is 9.90 Å². The van der Waals surface area contributed by atoms with Crippen LogP contribution < -0.4 is 0 Å². The Morgan fingerprint density at radius 2 is 1.55 bits per heavy atom. The molecule has 0 heterocycles. The average Bonchev–Trinajstić information content (AvgIpc) is 2.47. The van der Waals surface area contributed by atoms with Crippen LogP contribution in [0.3, 0.4) is 0 Å². The fourth-order valence-corrected chi connectivity index (χ4v) is 2.39. The molecule has 3 rings (SSSR count). The fourth-order valence-electron chi connectivity index (χ4n) is 2.39. The Morgan fingerprint density at radius 1 is 0.800 bits per heavy atom. The van der Waals surface area contributed by atoms with Crippen LogP contribution in [0, 0.1) is 0 Å². The van der Waals surface area contributed by atoms with Crippen LogP contribution in [0.15, 0.2) is 66.7 Å². The summed E-state index contributed by atoms with van der Waals surface area (Å²) in [6.45, 7) is 0. The topological polar surface area (TPSA) is 37.3 Å². The zero-order valence-corrected chi connectivity index (χ0v) is 10.9. The Hall–Kier alpha value is -2.61. The molecule has 0 amide bonds. The molecule has 0 atom stereocenters. The molecular formula is C18H14O2.